The molecule has 0 bridgehead atoms. The molecule has 0 aliphatic carbocycles. The normalized spacial score (nSPS) is 19.0. The second-order valence-electron chi connectivity index (χ2n) is 5.98. The highest BCUT2D eigenvalue weighted by atomic mass is 35.5. The van der Waals surface area contributed by atoms with Gasteiger partial charge in [0, 0.05) is 16.4 Å². The third-order valence-corrected chi connectivity index (χ3v) is 5.71. The zero-order valence-corrected chi connectivity index (χ0v) is 17.0. The van der Waals surface area contributed by atoms with Crippen molar-refractivity contribution in [3.63, 3.8) is 0 Å². The number of aliphatic hydroxyl groups excluding tert-OH is 1. The first kappa shape index (κ1) is 19.7. The van der Waals surface area contributed by atoms with Gasteiger partial charge in [-0.15, -0.1) is 11.3 Å². The number of carbonyl (C=O) groups excluding carboxylic acids is 2. The van der Waals surface area contributed by atoms with Crippen molar-refractivity contribution in [1.29, 1.82) is 0 Å². The van der Waals surface area contributed by atoms with Crippen LogP contribution in [0.2, 0.25) is 10.0 Å². The molecule has 1 aromatic heterocycles. The number of Topliss-reactive ketones (excluding diaryl/α,β-unsaturated/α-hetero) is 1. The standard InChI is InChI=1S/C19H17Cl2NO4S/c1-3-6-22-15(13-5-4-7-27-13)14(17(24)19(22)25)16(23)11-8-10(20)9-12(21)18(11)26-2/h4-5,7-9,15,23H,3,6H2,1-2H3/b16-14-. The SMILES string of the molecule is CCCN1C(=O)C(=O)/C(=C(\O)c2cc(Cl)cc(Cl)c2OC)C1c1cccs1. The highest BCUT2D eigenvalue weighted by Gasteiger charge is 2.46. The van der Waals surface area contributed by atoms with Gasteiger partial charge in [-0.25, -0.2) is 0 Å². The average Bonchev–Trinajstić information content (AvgIpc) is 3.23. The minimum atomic E-state index is -0.738. The lowest BCUT2D eigenvalue weighted by Crippen LogP contribution is -2.30. The molecular weight excluding hydrogens is 409 g/mol. The fourth-order valence-electron chi connectivity index (χ4n) is 3.18. The number of nitrogens with zero attached hydrogens (tertiary/aromatic N) is 1. The van der Waals surface area contributed by atoms with E-state index < -0.39 is 17.7 Å². The number of thiophene rings is 1. The van der Waals surface area contributed by atoms with E-state index in [0.29, 0.717) is 13.0 Å². The van der Waals surface area contributed by atoms with E-state index in [9.17, 15) is 14.7 Å². The molecule has 1 N–H and O–H groups in total. The summed E-state index contributed by atoms with van der Waals surface area (Å²) in [6.45, 7) is 2.32. The zero-order chi connectivity index (χ0) is 19.7. The lowest BCUT2D eigenvalue weighted by atomic mass is 9.99. The second-order valence-corrected chi connectivity index (χ2v) is 7.80. The summed E-state index contributed by atoms with van der Waals surface area (Å²) in [7, 11) is 1.40. The summed E-state index contributed by atoms with van der Waals surface area (Å²) in [5.74, 6) is -1.54. The summed E-state index contributed by atoms with van der Waals surface area (Å²) >= 11 is 13.6. The molecule has 1 fully saturated rings. The number of hydrogen-bond acceptors (Lipinski definition) is 5. The molecular formula is C19H17Cl2NO4S. The number of ketones is 1. The maximum atomic E-state index is 12.8. The number of methoxy groups -OCH3 is 1. The number of hydrogen-bond donors (Lipinski definition) is 1. The van der Waals surface area contributed by atoms with Crippen LogP contribution >= 0.6 is 34.5 Å². The third kappa shape index (κ3) is 3.45. The van der Waals surface area contributed by atoms with E-state index in [0.717, 1.165) is 4.88 Å². The summed E-state index contributed by atoms with van der Waals surface area (Å²) in [4.78, 5) is 27.6. The smallest absolute Gasteiger partial charge is 0.295 e. The number of ether oxygens (including phenoxy) is 1. The molecule has 1 atom stereocenters. The van der Waals surface area contributed by atoms with Crippen LogP contribution in [0.4, 0.5) is 0 Å². The monoisotopic (exact) mass is 425 g/mol. The second kappa shape index (κ2) is 7.92. The van der Waals surface area contributed by atoms with Crippen molar-refractivity contribution in [2.24, 2.45) is 0 Å². The van der Waals surface area contributed by atoms with Crippen LogP contribution in [0.25, 0.3) is 5.76 Å². The van der Waals surface area contributed by atoms with Gasteiger partial charge in [0.2, 0.25) is 0 Å². The van der Waals surface area contributed by atoms with Gasteiger partial charge in [-0.1, -0.05) is 36.2 Å². The number of halogens is 2. The lowest BCUT2D eigenvalue weighted by molar-refractivity contribution is -0.139. The molecule has 3 rings (SSSR count). The summed E-state index contributed by atoms with van der Waals surface area (Å²) in [6.07, 6.45) is 0.682. The largest absolute Gasteiger partial charge is 0.507 e. The van der Waals surface area contributed by atoms with Crippen molar-refractivity contribution in [2.45, 2.75) is 19.4 Å². The van der Waals surface area contributed by atoms with E-state index in [-0.39, 0.29) is 32.7 Å². The Balaban J connectivity index is 2.26. The maximum Gasteiger partial charge on any atom is 0.295 e. The molecule has 1 unspecified atom stereocenters. The molecule has 5 nitrogen and oxygen atoms in total. The molecule has 0 radical (unpaired) electrons. The molecule has 1 saturated heterocycles. The van der Waals surface area contributed by atoms with E-state index in [4.69, 9.17) is 27.9 Å². The maximum absolute atomic E-state index is 12.8. The van der Waals surface area contributed by atoms with Crippen LogP contribution in [0.1, 0.15) is 29.8 Å². The Morgan fingerprint density at radius 1 is 1.33 bits per heavy atom. The predicted molar refractivity (Wildman–Crippen MR) is 107 cm³/mol. The number of likely N-dealkylation sites (tertiary alicyclic amines) is 1. The van der Waals surface area contributed by atoms with Crippen LogP contribution < -0.4 is 4.74 Å². The van der Waals surface area contributed by atoms with Crippen LogP contribution in [0, 0.1) is 0 Å². The van der Waals surface area contributed by atoms with Gasteiger partial charge in [-0.05, 0) is 30.0 Å². The van der Waals surface area contributed by atoms with E-state index in [1.165, 1.54) is 35.5 Å². The van der Waals surface area contributed by atoms with Crippen LogP contribution in [-0.2, 0) is 9.59 Å². The van der Waals surface area contributed by atoms with E-state index >= 15 is 0 Å². The minimum Gasteiger partial charge on any atom is -0.507 e. The van der Waals surface area contributed by atoms with Gasteiger partial charge in [-0.2, -0.15) is 0 Å². The zero-order valence-electron chi connectivity index (χ0n) is 14.7. The molecule has 0 spiro atoms. The Hall–Kier alpha value is -2.02. The first-order valence-electron chi connectivity index (χ1n) is 8.25. The van der Waals surface area contributed by atoms with Crippen molar-refractivity contribution in [3.8, 4) is 5.75 Å². The van der Waals surface area contributed by atoms with Crippen LogP contribution in [-0.4, -0.2) is 35.4 Å². The van der Waals surface area contributed by atoms with E-state index in [1.54, 1.807) is 0 Å². The summed E-state index contributed by atoms with van der Waals surface area (Å²) < 4.78 is 5.28. The first-order chi connectivity index (χ1) is 12.9. The molecule has 2 aromatic rings. The van der Waals surface area contributed by atoms with Crippen molar-refractivity contribution in [2.75, 3.05) is 13.7 Å². The van der Waals surface area contributed by atoms with Gasteiger partial charge in [0.15, 0.2) is 0 Å². The van der Waals surface area contributed by atoms with Crippen molar-refractivity contribution < 1.29 is 19.4 Å². The molecule has 2 heterocycles. The first-order valence-corrected chi connectivity index (χ1v) is 9.89. The Kier molecular flexibility index (Phi) is 5.79. The number of rotatable bonds is 5. The van der Waals surface area contributed by atoms with Gasteiger partial charge in [0.1, 0.15) is 11.5 Å². The van der Waals surface area contributed by atoms with Crippen molar-refractivity contribution in [3.05, 3.63) is 55.7 Å². The van der Waals surface area contributed by atoms with Crippen molar-refractivity contribution in [1.82, 2.24) is 4.90 Å². The van der Waals surface area contributed by atoms with Gasteiger partial charge >= 0.3 is 0 Å². The molecule has 0 saturated carbocycles. The quantitative estimate of drug-likeness (QED) is 0.420. The van der Waals surface area contributed by atoms with E-state index in [2.05, 4.69) is 0 Å². The summed E-state index contributed by atoms with van der Waals surface area (Å²) in [5.41, 5.74) is 0.179. The van der Waals surface area contributed by atoms with Gasteiger partial charge < -0.3 is 14.7 Å². The van der Waals surface area contributed by atoms with Gasteiger partial charge in [0.05, 0.1) is 29.3 Å². The van der Waals surface area contributed by atoms with Gasteiger partial charge in [0.25, 0.3) is 11.7 Å². The van der Waals surface area contributed by atoms with E-state index in [1.807, 2.05) is 24.4 Å². The number of amides is 1. The highest BCUT2D eigenvalue weighted by molar-refractivity contribution is 7.10. The summed E-state index contributed by atoms with van der Waals surface area (Å²) in [6, 6.07) is 5.95. The summed E-state index contributed by atoms with van der Waals surface area (Å²) in [5, 5.41) is 13.3. The minimum absolute atomic E-state index is 0.00698. The van der Waals surface area contributed by atoms with Crippen LogP contribution in [0.5, 0.6) is 5.75 Å². The molecule has 1 aliphatic heterocycles. The fraction of sp³-hybridized carbons (Fsp3) is 0.263. The number of benzene rings is 1. The van der Waals surface area contributed by atoms with Crippen LogP contribution in [0.15, 0.2) is 35.2 Å². The van der Waals surface area contributed by atoms with Crippen LogP contribution in [0.3, 0.4) is 0 Å². The Morgan fingerprint density at radius 2 is 2.07 bits per heavy atom. The third-order valence-electron chi connectivity index (χ3n) is 4.28. The highest BCUT2D eigenvalue weighted by Crippen LogP contribution is 2.44. The lowest BCUT2D eigenvalue weighted by Gasteiger charge is -2.23. The molecule has 142 valence electrons. The Labute approximate surface area is 170 Å². The van der Waals surface area contributed by atoms with Crippen molar-refractivity contribution >= 4 is 52.0 Å². The molecule has 1 amide bonds. The predicted octanol–water partition coefficient (Wildman–Crippen LogP) is 4.90. The molecule has 1 aliphatic rings. The molecule has 8 heteroatoms. The molecule has 1 aromatic carbocycles. The van der Waals surface area contributed by atoms with Gasteiger partial charge in [-0.3, -0.25) is 9.59 Å². The molecule has 27 heavy (non-hydrogen) atoms. The Morgan fingerprint density at radius 3 is 2.67 bits per heavy atom. The average molecular weight is 426 g/mol. The fourth-order valence-corrected chi connectivity index (χ4v) is 4.60. The topological polar surface area (TPSA) is 66.8 Å². The number of carbonyl (C=O) groups is 2. The number of aliphatic hydroxyl groups is 1. The Bertz CT molecular complexity index is 924.